The Morgan fingerprint density at radius 2 is 1.77 bits per heavy atom. The van der Waals surface area contributed by atoms with Crippen molar-refractivity contribution in [3.8, 4) is 0 Å². The molecule has 5 fully saturated rings. The highest BCUT2D eigenvalue weighted by atomic mass is 19.4. The number of likely N-dealkylation sites (tertiary alicyclic amines) is 1. The molecule has 30 heavy (non-hydrogen) atoms. The van der Waals surface area contributed by atoms with E-state index in [0.29, 0.717) is 12.0 Å². The molecule has 0 aromatic heterocycles. The molecule has 1 heterocycles. The predicted octanol–water partition coefficient (Wildman–Crippen LogP) is 4.65. The minimum Gasteiger partial charge on any atom is -0.352 e. The number of nitrogens with zero attached hydrogens (tertiary/aromatic N) is 1. The van der Waals surface area contributed by atoms with Gasteiger partial charge < -0.3 is 10.2 Å². The minimum absolute atomic E-state index is 0.111. The van der Waals surface area contributed by atoms with Crippen molar-refractivity contribution in [2.45, 2.75) is 63.6 Å². The lowest BCUT2D eigenvalue weighted by Gasteiger charge is -2.55. The Bertz CT molecular complexity index is 771. The molecular formula is C24H31F3N2O. The van der Waals surface area contributed by atoms with Gasteiger partial charge in [-0.3, -0.25) is 4.79 Å². The van der Waals surface area contributed by atoms with Crippen LogP contribution in [0.3, 0.4) is 0 Å². The maximum atomic E-state index is 13.2. The predicted molar refractivity (Wildman–Crippen MR) is 109 cm³/mol. The molecule has 1 aromatic carbocycles. The lowest BCUT2D eigenvalue weighted by molar-refractivity contribution is -0.147. The molecule has 1 aromatic rings. The number of carbonyl (C=O) groups is 1. The molecule has 6 rings (SSSR count). The summed E-state index contributed by atoms with van der Waals surface area (Å²) in [5.74, 6) is 2.56. The van der Waals surface area contributed by atoms with E-state index in [4.69, 9.17) is 0 Å². The number of hydrogen-bond donors (Lipinski definition) is 1. The molecular weight excluding hydrogens is 389 g/mol. The quantitative estimate of drug-likeness (QED) is 0.752. The van der Waals surface area contributed by atoms with Gasteiger partial charge >= 0.3 is 6.18 Å². The summed E-state index contributed by atoms with van der Waals surface area (Å²) in [5.41, 5.74) is 0.0215. The molecule has 1 aliphatic heterocycles. The minimum atomic E-state index is -4.30. The standard InChI is InChI=1S/C24H31F3N2O/c25-24(26,27)20-3-1-2-16(11-20)4-6-29-7-5-21(15-29)28-22(30)23-12-17-8-18(13-23)10-19(9-17)14-23/h1-3,11,17-19,21H,4-10,12-15H2,(H,28,30)/t17?,18?,19?,21-,23?/m0/s1. The van der Waals surface area contributed by atoms with E-state index >= 15 is 0 Å². The largest absolute Gasteiger partial charge is 0.416 e. The highest BCUT2D eigenvalue weighted by molar-refractivity contribution is 5.83. The Morgan fingerprint density at radius 3 is 2.40 bits per heavy atom. The molecule has 3 nitrogen and oxygen atoms in total. The summed E-state index contributed by atoms with van der Waals surface area (Å²) in [6.07, 6.45) is 4.47. The maximum Gasteiger partial charge on any atom is 0.416 e. The molecule has 1 saturated heterocycles. The number of benzene rings is 1. The van der Waals surface area contributed by atoms with Gasteiger partial charge in [-0.25, -0.2) is 0 Å². The van der Waals surface area contributed by atoms with Crippen LogP contribution < -0.4 is 5.32 Å². The Labute approximate surface area is 176 Å². The van der Waals surface area contributed by atoms with E-state index < -0.39 is 11.7 Å². The number of halogens is 3. The molecule has 5 aliphatic rings. The number of alkyl halides is 3. The Balaban J connectivity index is 1.13. The Hall–Kier alpha value is -1.56. The highest BCUT2D eigenvalue weighted by Crippen LogP contribution is 2.60. The molecule has 4 aliphatic carbocycles. The van der Waals surface area contributed by atoms with Crippen molar-refractivity contribution >= 4 is 5.91 Å². The zero-order valence-electron chi connectivity index (χ0n) is 17.4. The van der Waals surface area contributed by atoms with Gasteiger partial charge in [0, 0.05) is 31.1 Å². The fraction of sp³-hybridized carbons (Fsp3) is 0.708. The summed E-state index contributed by atoms with van der Waals surface area (Å²) >= 11 is 0. The van der Waals surface area contributed by atoms with Crippen molar-refractivity contribution in [2.75, 3.05) is 19.6 Å². The normalized spacial score (nSPS) is 35.7. The van der Waals surface area contributed by atoms with Crippen LogP contribution in [-0.4, -0.2) is 36.5 Å². The summed E-state index contributed by atoms with van der Waals surface area (Å²) in [4.78, 5) is 15.5. The van der Waals surface area contributed by atoms with Crippen LogP contribution in [0.1, 0.15) is 56.1 Å². The van der Waals surface area contributed by atoms with Gasteiger partial charge in [-0.1, -0.05) is 18.2 Å². The molecule has 164 valence electrons. The summed E-state index contributed by atoms with van der Waals surface area (Å²) in [7, 11) is 0. The molecule has 0 spiro atoms. The first-order chi connectivity index (χ1) is 14.3. The molecule has 4 bridgehead atoms. The molecule has 0 unspecified atom stereocenters. The van der Waals surface area contributed by atoms with Gasteiger partial charge in [-0.05, 0) is 80.8 Å². The van der Waals surface area contributed by atoms with Gasteiger partial charge in [0.25, 0.3) is 0 Å². The number of hydrogen-bond acceptors (Lipinski definition) is 2. The summed E-state index contributed by atoms with van der Waals surface area (Å²) in [6, 6.07) is 5.79. The number of rotatable bonds is 5. The monoisotopic (exact) mass is 420 g/mol. The fourth-order valence-electron chi connectivity index (χ4n) is 7.07. The highest BCUT2D eigenvalue weighted by Gasteiger charge is 2.54. The number of carbonyl (C=O) groups excluding carboxylic acids is 1. The van der Waals surface area contributed by atoms with Crippen molar-refractivity contribution < 1.29 is 18.0 Å². The van der Waals surface area contributed by atoms with Crippen LogP contribution in [0.25, 0.3) is 0 Å². The third-order valence-corrected chi connectivity index (χ3v) is 8.10. The zero-order chi connectivity index (χ0) is 20.9. The zero-order valence-corrected chi connectivity index (χ0v) is 17.4. The molecule has 1 N–H and O–H groups in total. The first kappa shape index (κ1) is 20.3. The topological polar surface area (TPSA) is 32.3 Å². The SMILES string of the molecule is O=C(N[C@H]1CCN(CCc2cccc(C(F)(F)F)c2)C1)C12CC3CC(CC(C3)C1)C2. The van der Waals surface area contributed by atoms with Gasteiger partial charge in [-0.15, -0.1) is 0 Å². The smallest absolute Gasteiger partial charge is 0.352 e. The van der Waals surface area contributed by atoms with Crippen LogP contribution in [-0.2, 0) is 17.4 Å². The first-order valence-electron chi connectivity index (χ1n) is 11.5. The Morgan fingerprint density at radius 1 is 1.10 bits per heavy atom. The lowest BCUT2D eigenvalue weighted by Crippen LogP contribution is -2.55. The lowest BCUT2D eigenvalue weighted by atomic mass is 9.49. The van der Waals surface area contributed by atoms with Crippen LogP contribution in [0, 0.1) is 23.2 Å². The van der Waals surface area contributed by atoms with Crippen LogP contribution in [0.2, 0.25) is 0 Å². The number of nitrogens with one attached hydrogen (secondary N) is 1. The second-order valence-corrected chi connectivity index (χ2v) is 10.4. The van der Waals surface area contributed by atoms with E-state index in [9.17, 15) is 18.0 Å². The Kier molecular flexibility index (Phi) is 5.11. The van der Waals surface area contributed by atoms with Crippen LogP contribution in [0.15, 0.2) is 24.3 Å². The van der Waals surface area contributed by atoms with Gasteiger partial charge in [0.2, 0.25) is 5.91 Å². The van der Waals surface area contributed by atoms with Crippen molar-refractivity contribution in [2.24, 2.45) is 23.2 Å². The van der Waals surface area contributed by atoms with Gasteiger partial charge in [0.1, 0.15) is 0 Å². The summed E-state index contributed by atoms with van der Waals surface area (Å²) < 4.78 is 38.7. The van der Waals surface area contributed by atoms with E-state index in [1.54, 1.807) is 6.07 Å². The second kappa shape index (κ2) is 7.54. The van der Waals surface area contributed by atoms with Gasteiger partial charge in [0.15, 0.2) is 0 Å². The van der Waals surface area contributed by atoms with Gasteiger partial charge in [-0.2, -0.15) is 13.2 Å². The maximum absolute atomic E-state index is 13.2. The molecule has 1 amide bonds. The van der Waals surface area contributed by atoms with Crippen LogP contribution in [0.4, 0.5) is 13.2 Å². The van der Waals surface area contributed by atoms with Crippen molar-refractivity contribution in [3.63, 3.8) is 0 Å². The van der Waals surface area contributed by atoms with Crippen LogP contribution in [0.5, 0.6) is 0 Å². The van der Waals surface area contributed by atoms with Crippen molar-refractivity contribution in [3.05, 3.63) is 35.4 Å². The van der Waals surface area contributed by atoms with Crippen LogP contribution >= 0.6 is 0 Å². The van der Waals surface area contributed by atoms with E-state index in [2.05, 4.69) is 10.2 Å². The summed E-state index contributed by atoms with van der Waals surface area (Å²) in [5, 5.41) is 3.36. The molecule has 4 saturated carbocycles. The second-order valence-electron chi connectivity index (χ2n) is 10.4. The first-order valence-corrected chi connectivity index (χ1v) is 11.5. The van der Waals surface area contributed by atoms with E-state index in [1.165, 1.54) is 31.4 Å². The van der Waals surface area contributed by atoms with Crippen molar-refractivity contribution in [1.82, 2.24) is 10.2 Å². The third-order valence-electron chi connectivity index (χ3n) is 8.10. The molecule has 6 heteroatoms. The van der Waals surface area contributed by atoms with E-state index in [0.717, 1.165) is 69.1 Å². The molecule has 1 atom stereocenters. The number of amides is 1. The molecule has 0 radical (unpaired) electrons. The van der Waals surface area contributed by atoms with Gasteiger partial charge in [0.05, 0.1) is 5.56 Å². The van der Waals surface area contributed by atoms with E-state index in [1.807, 2.05) is 0 Å². The summed E-state index contributed by atoms with van der Waals surface area (Å²) in [6.45, 7) is 2.42. The van der Waals surface area contributed by atoms with E-state index in [-0.39, 0.29) is 17.4 Å². The fourth-order valence-corrected chi connectivity index (χ4v) is 7.07. The average molecular weight is 421 g/mol. The van der Waals surface area contributed by atoms with Crippen molar-refractivity contribution in [1.29, 1.82) is 0 Å². The average Bonchev–Trinajstić information content (AvgIpc) is 3.12. The third kappa shape index (κ3) is 4.00.